The fraction of sp³-hybridized carbons (Fsp3) is 0.462. The van der Waals surface area contributed by atoms with Gasteiger partial charge in [-0.2, -0.15) is 0 Å². The average molecular weight is 352 g/mol. The predicted molar refractivity (Wildman–Crippen MR) is 81.8 cm³/mol. The second-order valence-corrected chi connectivity index (χ2v) is 7.92. The second-order valence-electron chi connectivity index (χ2n) is 4.90. The van der Waals surface area contributed by atoms with Crippen LogP contribution in [0.15, 0.2) is 18.2 Å². The van der Waals surface area contributed by atoms with Crippen molar-refractivity contribution in [1.29, 1.82) is 0 Å². The van der Waals surface area contributed by atoms with Gasteiger partial charge in [-0.25, -0.2) is 8.42 Å². The molecule has 1 aliphatic rings. The van der Waals surface area contributed by atoms with Crippen molar-refractivity contribution in [2.24, 2.45) is 0 Å². The van der Waals surface area contributed by atoms with E-state index in [-0.39, 0.29) is 35.1 Å². The Kier molecular flexibility index (Phi) is 5.01. The second kappa shape index (κ2) is 6.42. The standard InChI is InChI=1S/C13H15Cl2NO4S/c1-16(9-5-6-21(18,19)8-9)12(17)7-20-11-4-2-3-10(14)13(11)15/h2-4,9H,5-8H2,1H3/t9-/m1/s1. The molecule has 1 fully saturated rings. The van der Waals surface area contributed by atoms with Gasteiger partial charge in [-0.1, -0.05) is 29.3 Å². The topological polar surface area (TPSA) is 63.7 Å². The van der Waals surface area contributed by atoms with Gasteiger partial charge in [0.1, 0.15) is 10.8 Å². The SMILES string of the molecule is CN(C(=O)COc1cccc(Cl)c1Cl)[C@@H]1CCS(=O)(=O)C1. The Morgan fingerprint density at radius 3 is 2.76 bits per heavy atom. The van der Waals surface area contributed by atoms with Gasteiger partial charge in [0.2, 0.25) is 0 Å². The highest BCUT2D eigenvalue weighted by Crippen LogP contribution is 2.31. The quantitative estimate of drug-likeness (QED) is 0.832. The number of nitrogens with zero attached hydrogens (tertiary/aromatic N) is 1. The lowest BCUT2D eigenvalue weighted by atomic mass is 10.2. The van der Waals surface area contributed by atoms with E-state index in [0.29, 0.717) is 17.2 Å². The third-order valence-corrected chi connectivity index (χ3v) is 5.97. The van der Waals surface area contributed by atoms with Crippen LogP contribution in [0.25, 0.3) is 0 Å². The van der Waals surface area contributed by atoms with Crippen LogP contribution in [0.5, 0.6) is 5.75 Å². The molecule has 1 aromatic rings. The predicted octanol–water partition coefficient (Wildman–Crippen LogP) is 2.02. The van der Waals surface area contributed by atoms with E-state index in [2.05, 4.69) is 0 Å². The number of amides is 1. The Morgan fingerprint density at radius 1 is 1.43 bits per heavy atom. The number of carbonyl (C=O) groups is 1. The van der Waals surface area contributed by atoms with Crippen molar-refractivity contribution in [2.45, 2.75) is 12.5 Å². The number of ether oxygens (including phenoxy) is 1. The summed E-state index contributed by atoms with van der Waals surface area (Å²) < 4.78 is 28.2. The molecule has 8 heteroatoms. The van der Waals surface area contributed by atoms with Gasteiger partial charge < -0.3 is 9.64 Å². The first-order chi connectivity index (χ1) is 9.80. The molecular weight excluding hydrogens is 337 g/mol. The third-order valence-electron chi connectivity index (χ3n) is 3.42. The number of halogens is 2. The van der Waals surface area contributed by atoms with Gasteiger partial charge in [-0.3, -0.25) is 4.79 Å². The van der Waals surface area contributed by atoms with Crippen molar-refractivity contribution >= 4 is 38.9 Å². The maximum atomic E-state index is 12.0. The summed E-state index contributed by atoms with van der Waals surface area (Å²) in [6.45, 7) is -0.215. The molecule has 0 aromatic heterocycles. The van der Waals surface area contributed by atoms with E-state index in [0.717, 1.165) is 0 Å². The van der Waals surface area contributed by atoms with E-state index in [4.69, 9.17) is 27.9 Å². The highest BCUT2D eigenvalue weighted by Gasteiger charge is 2.32. The molecule has 0 radical (unpaired) electrons. The van der Waals surface area contributed by atoms with E-state index in [1.54, 1.807) is 25.2 Å². The van der Waals surface area contributed by atoms with Gasteiger partial charge in [-0.15, -0.1) is 0 Å². The molecule has 21 heavy (non-hydrogen) atoms. The highest BCUT2D eigenvalue weighted by molar-refractivity contribution is 7.91. The smallest absolute Gasteiger partial charge is 0.260 e. The molecule has 2 rings (SSSR count). The van der Waals surface area contributed by atoms with E-state index < -0.39 is 9.84 Å². The molecule has 5 nitrogen and oxygen atoms in total. The normalized spacial score (nSPS) is 20.2. The first-order valence-electron chi connectivity index (χ1n) is 6.33. The monoisotopic (exact) mass is 351 g/mol. The van der Waals surface area contributed by atoms with Gasteiger partial charge >= 0.3 is 0 Å². The summed E-state index contributed by atoms with van der Waals surface area (Å²) in [4.78, 5) is 13.5. The van der Waals surface area contributed by atoms with Crippen LogP contribution in [0.4, 0.5) is 0 Å². The van der Waals surface area contributed by atoms with E-state index in [9.17, 15) is 13.2 Å². The third kappa shape index (κ3) is 4.02. The number of rotatable bonds is 4. The number of benzene rings is 1. The molecule has 0 saturated carbocycles. The lowest BCUT2D eigenvalue weighted by molar-refractivity contribution is -0.133. The van der Waals surface area contributed by atoms with E-state index >= 15 is 0 Å². The van der Waals surface area contributed by atoms with Gasteiger partial charge in [0.15, 0.2) is 16.4 Å². The van der Waals surface area contributed by atoms with Crippen LogP contribution in [-0.4, -0.2) is 50.4 Å². The Balaban J connectivity index is 1.94. The molecule has 0 spiro atoms. The van der Waals surface area contributed by atoms with Crippen molar-refractivity contribution in [3.63, 3.8) is 0 Å². The fourth-order valence-corrected chi connectivity index (χ4v) is 4.24. The molecule has 1 atom stereocenters. The minimum atomic E-state index is -3.03. The maximum absolute atomic E-state index is 12.0. The van der Waals surface area contributed by atoms with Crippen molar-refractivity contribution in [3.05, 3.63) is 28.2 Å². The largest absolute Gasteiger partial charge is 0.482 e. The Labute approximate surface area is 133 Å². The number of likely N-dealkylation sites (N-methyl/N-ethyl adjacent to an activating group) is 1. The van der Waals surface area contributed by atoms with Crippen molar-refractivity contribution in [3.8, 4) is 5.75 Å². The molecule has 1 heterocycles. The number of sulfone groups is 1. The molecule has 1 aromatic carbocycles. The summed E-state index contributed by atoms with van der Waals surface area (Å²) in [5.74, 6) is 0.154. The minimum Gasteiger partial charge on any atom is -0.482 e. The summed E-state index contributed by atoms with van der Waals surface area (Å²) in [6, 6.07) is 4.61. The van der Waals surface area contributed by atoms with Crippen molar-refractivity contribution < 1.29 is 17.9 Å². The lowest BCUT2D eigenvalue weighted by Gasteiger charge is -2.23. The Hall–Kier alpha value is -0.980. The Bertz CT molecular complexity index is 648. The summed E-state index contributed by atoms with van der Waals surface area (Å²) in [5, 5.41) is 0.593. The van der Waals surface area contributed by atoms with Crippen molar-refractivity contribution in [1.82, 2.24) is 4.90 Å². The van der Waals surface area contributed by atoms with Gasteiger partial charge in [0.25, 0.3) is 5.91 Å². The summed E-state index contributed by atoms with van der Waals surface area (Å²) in [5.41, 5.74) is 0. The maximum Gasteiger partial charge on any atom is 0.260 e. The molecule has 0 bridgehead atoms. The number of hydrogen-bond acceptors (Lipinski definition) is 4. The molecule has 0 N–H and O–H groups in total. The van der Waals surface area contributed by atoms with Crippen LogP contribution < -0.4 is 4.74 Å². The van der Waals surface area contributed by atoms with Crippen LogP contribution in [0.2, 0.25) is 10.0 Å². The summed E-state index contributed by atoms with van der Waals surface area (Å²) in [7, 11) is -1.45. The molecule has 0 aliphatic carbocycles. The van der Waals surface area contributed by atoms with Crippen LogP contribution in [0, 0.1) is 0 Å². The van der Waals surface area contributed by atoms with Gasteiger partial charge in [0, 0.05) is 13.1 Å². The van der Waals surface area contributed by atoms with E-state index in [1.807, 2.05) is 0 Å². The molecule has 1 amide bonds. The Morgan fingerprint density at radius 2 is 2.14 bits per heavy atom. The van der Waals surface area contributed by atoms with Crippen molar-refractivity contribution in [2.75, 3.05) is 25.2 Å². The zero-order valence-corrected chi connectivity index (χ0v) is 13.7. The number of hydrogen-bond donors (Lipinski definition) is 0. The molecule has 1 aliphatic heterocycles. The minimum absolute atomic E-state index is 0.00710. The average Bonchev–Trinajstić information content (AvgIpc) is 2.79. The zero-order valence-electron chi connectivity index (χ0n) is 11.4. The number of carbonyl (C=O) groups excluding carboxylic acids is 1. The van der Waals surface area contributed by atoms with Gasteiger partial charge in [0.05, 0.1) is 16.5 Å². The van der Waals surface area contributed by atoms with Crippen LogP contribution in [-0.2, 0) is 14.6 Å². The first kappa shape index (κ1) is 16.4. The highest BCUT2D eigenvalue weighted by atomic mass is 35.5. The van der Waals surface area contributed by atoms with Gasteiger partial charge in [-0.05, 0) is 18.6 Å². The molecule has 1 saturated heterocycles. The first-order valence-corrected chi connectivity index (χ1v) is 8.91. The summed E-state index contributed by atoms with van der Waals surface area (Å²) in [6.07, 6.45) is 0.461. The molecular formula is C13H15Cl2NO4S. The molecule has 0 unspecified atom stereocenters. The summed E-state index contributed by atoms with van der Waals surface area (Å²) >= 11 is 11.8. The van der Waals surface area contributed by atoms with Crippen LogP contribution >= 0.6 is 23.2 Å². The lowest BCUT2D eigenvalue weighted by Crippen LogP contribution is -2.40. The fourth-order valence-electron chi connectivity index (χ4n) is 2.12. The zero-order chi connectivity index (χ0) is 15.6. The molecule has 116 valence electrons. The van der Waals surface area contributed by atoms with Crippen LogP contribution in [0.1, 0.15) is 6.42 Å². The van der Waals surface area contributed by atoms with Crippen LogP contribution in [0.3, 0.4) is 0 Å². The van der Waals surface area contributed by atoms with E-state index in [1.165, 1.54) is 4.90 Å².